The van der Waals surface area contributed by atoms with Crippen molar-refractivity contribution in [2.75, 3.05) is 10.1 Å². The molecule has 1 N–H and O–H groups in total. The van der Waals surface area contributed by atoms with Crippen LogP contribution < -0.4 is 4.31 Å². The predicted molar refractivity (Wildman–Crippen MR) is 100 cm³/mol. The SMILES string of the molecule is O=C(c1c[nH]c2ccccc12)C1CSN(c2cccnc2)C1C(=O)C(F)(F)F. The molecule has 1 aromatic carbocycles. The molecule has 0 radical (unpaired) electrons. The number of aromatic nitrogens is 2. The lowest BCUT2D eigenvalue weighted by atomic mass is 9.89. The maximum Gasteiger partial charge on any atom is 0.452 e. The van der Waals surface area contributed by atoms with Crippen LogP contribution in [0.25, 0.3) is 10.9 Å². The first-order chi connectivity index (χ1) is 13.4. The number of carbonyl (C=O) groups is 2. The van der Waals surface area contributed by atoms with Crippen molar-refractivity contribution in [3.63, 3.8) is 0 Å². The van der Waals surface area contributed by atoms with E-state index in [1.54, 1.807) is 36.4 Å². The summed E-state index contributed by atoms with van der Waals surface area (Å²) < 4.78 is 41.2. The van der Waals surface area contributed by atoms with Gasteiger partial charge in [-0.1, -0.05) is 18.2 Å². The second-order valence-electron chi connectivity index (χ2n) is 6.36. The van der Waals surface area contributed by atoms with Gasteiger partial charge in [-0.15, -0.1) is 0 Å². The van der Waals surface area contributed by atoms with Crippen LogP contribution in [0.5, 0.6) is 0 Å². The van der Waals surface area contributed by atoms with Crippen molar-refractivity contribution >= 4 is 40.1 Å². The van der Waals surface area contributed by atoms with E-state index in [-0.39, 0.29) is 11.3 Å². The van der Waals surface area contributed by atoms with E-state index in [9.17, 15) is 22.8 Å². The Morgan fingerprint density at radius 1 is 1.18 bits per heavy atom. The highest BCUT2D eigenvalue weighted by Crippen LogP contribution is 2.41. The van der Waals surface area contributed by atoms with Gasteiger partial charge in [-0.3, -0.25) is 14.6 Å². The fraction of sp³-hybridized carbons (Fsp3) is 0.211. The summed E-state index contributed by atoms with van der Waals surface area (Å²) in [6, 6.07) is 8.52. The molecule has 2 atom stereocenters. The quantitative estimate of drug-likeness (QED) is 0.524. The molecule has 2 aromatic heterocycles. The third kappa shape index (κ3) is 3.15. The Bertz CT molecular complexity index is 1040. The summed E-state index contributed by atoms with van der Waals surface area (Å²) in [6.45, 7) is 0. The van der Waals surface area contributed by atoms with Gasteiger partial charge in [-0.2, -0.15) is 13.2 Å². The second kappa shape index (κ2) is 6.97. The number of hydrogen-bond donors (Lipinski definition) is 1. The molecule has 144 valence electrons. The van der Waals surface area contributed by atoms with Crippen molar-refractivity contribution in [1.29, 1.82) is 0 Å². The Kier molecular flexibility index (Phi) is 4.62. The van der Waals surface area contributed by atoms with Crippen molar-refractivity contribution in [3.8, 4) is 0 Å². The number of benzene rings is 1. The predicted octanol–water partition coefficient (Wildman–Crippen LogP) is 4.03. The van der Waals surface area contributed by atoms with E-state index >= 15 is 0 Å². The highest BCUT2D eigenvalue weighted by atomic mass is 32.2. The number of para-hydroxylation sites is 1. The number of rotatable bonds is 4. The molecule has 0 spiro atoms. The Balaban J connectivity index is 1.74. The molecule has 0 amide bonds. The molecule has 9 heteroatoms. The van der Waals surface area contributed by atoms with Crippen LogP contribution in [0.15, 0.2) is 55.0 Å². The highest BCUT2D eigenvalue weighted by molar-refractivity contribution is 8.01. The van der Waals surface area contributed by atoms with E-state index < -0.39 is 29.7 Å². The number of hydrogen-bond acceptors (Lipinski definition) is 5. The minimum atomic E-state index is -5.05. The molecular weight excluding hydrogens is 391 g/mol. The first-order valence-corrected chi connectivity index (χ1v) is 9.35. The molecule has 28 heavy (non-hydrogen) atoms. The lowest BCUT2D eigenvalue weighted by Crippen LogP contribution is -2.47. The fourth-order valence-corrected chi connectivity index (χ4v) is 4.68. The first kappa shape index (κ1) is 18.5. The molecule has 0 aliphatic carbocycles. The minimum absolute atomic E-state index is 0.0692. The van der Waals surface area contributed by atoms with Gasteiger partial charge in [0, 0.05) is 34.6 Å². The van der Waals surface area contributed by atoms with E-state index in [0.29, 0.717) is 16.6 Å². The zero-order valence-corrected chi connectivity index (χ0v) is 15.1. The van der Waals surface area contributed by atoms with E-state index in [2.05, 4.69) is 9.97 Å². The Hall–Kier alpha value is -2.81. The van der Waals surface area contributed by atoms with Gasteiger partial charge in [0.2, 0.25) is 0 Å². The highest BCUT2D eigenvalue weighted by Gasteiger charge is 2.54. The summed E-state index contributed by atoms with van der Waals surface area (Å²) in [4.78, 5) is 32.2. The number of nitrogens with zero attached hydrogens (tertiary/aromatic N) is 2. The monoisotopic (exact) mass is 405 g/mol. The van der Waals surface area contributed by atoms with E-state index in [0.717, 1.165) is 11.9 Å². The number of halogens is 3. The van der Waals surface area contributed by atoms with Crippen LogP contribution in [0.3, 0.4) is 0 Å². The van der Waals surface area contributed by atoms with Crippen LogP contribution in [0.1, 0.15) is 10.4 Å². The number of nitrogens with one attached hydrogen (secondary N) is 1. The lowest BCUT2D eigenvalue weighted by Gasteiger charge is -2.27. The largest absolute Gasteiger partial charge is 0.452 e. The number of pyridine rings is 1. The summed E-state index contributed by atoms with van der Waals surface area (Å²) in [7, 11) is 0. The number of aromatic amines is 1. The van der Waals surface area contributed by atoms with Crippen molar-refractivity contribution in [3.05, 3.63) is 60.6 Å². The third-order valence-electron chi connectivity index (χ3n) is 4.67. The number of fused-ring (bicyclic) bond motifs is 1. The number of Topliss-reactive ketones (excluding diaryl/α,β-unsaturated/α-hetero) is 2. The van der Waals surface area contributed by atoms with Crippen molar-refractivity contribution in [2.45, 2.75) is 12.2 Å². The Labute approximate surface area is 162 Å². The van der Waals surface area contributed by atoms with E-state index in [1.165, 1.54) is 22.9 Å². The Morgan fingerprint density at radius 3 is 2.68 bits per heavy atom. The number of ketones is 2. The van der Waals surface area contributed by atoms with Crippen molar-refractivity contribution < 1.29 is 22.8 Å². The molecule has 4 rings (SSSR count). The van der Waals surface area contributed by atoms with Gasteiger partial charge >= 0.3 is 6.18 Å². The van der Waals surface area contributed by atoms with Crippen molar-refractivity contribution in [2.24, 2.45) is 5.92 Å². The van der Waals surface area contributed by atoms with Gasteiger partial charge in [0.1, 0.15) is 6.04 Å². The molecule has 5 nitrogen and oxygen atoms in total. The zero-order chi connectivity index (χ0) is 19.9. The topological polar surface area (TPSA) is 66.1 Å². The van der Waals surface area contributed by atoms with Gasteiger partial charge in [0.05, 0.1) is 17.8 Å². The van der Waals surface area contributed by atoms with Crippen LogP contribution in [0, 0.1) is 5.92 Å². The molecular formula is C19H14F3N3O2S. The molecule has 0 saturated carbocycles. The molecule has 3 heterocycles. The second-order valence-corrected chi connectivity index (χ2v) is 7.34. The van der Waals surface area contributed by atoms with Crippen LogP contribution in [0.4, 0.5) is 18.9 Å². The Morgan fingerprint density at radius 2 is 1.96 bits per heavy atom. The average Bonchev–Trinajstić information content (AvgIpc) is 3.31. The van der Waals surface area contributed by atoms with E-state index in [4.69, 9.17) is 0 Å². The number of carbonyl (C=O) groups excluding carboxylic acids is 2. The minimum Gasteiger partial charge on any atom is -0.360 e. The van der Waals surface area contributed by atoms with Crippen LogP contribution in [-0.2, 0) is 4.79 Å². The number of anilines is 1. The summed E-state index contributed by atoms with van der Waals surface area (Å²) in [5.41, 5.74) is 1.35. The molecule has 0 bridgehead atoms. The van der Waals surface area contributed by atoms with E-state index in [1.807, 2.05) is 0 Å². The zero-order valence-electron chi connectivity index (χ0n) is 14.3. The fourth-order valence-electron chi connectivity index (χ4n) is 3.37. The normalized spacial score (nSPS) is 19.9. The number of H-pyrrole nitrogens is 1. The van der Waals surface area contributed by atoms with Gasteiger partial charge in [0.25, 0.3) is 5.78 Å². The number of alkyl halides is 3. The molecule has 1 fully saturated rings. The van der Waals surface area contributed by atoms with Gasteiger partial charge in [-0.05, 0) is 30.1 Å². The molecule has 1 aliphatic heterocycles. The summed E-state index contributed by atoms with van der Waals surface area (Å²) >= 11 is 1.03. The molecule has 1 saturated heterocycles. The van der Waals surface area contributed by atoms with Gasteiger partial charge < -0.3 is 9.29 Å². The van der Waals surface area contributed by atoms with Gasteiger partial charge in [0.15, 0.2) is 5.78 Å². The lowest BCUT2D eigenvalue weighted by molar-refractivity contribution is -0.172. The molecule has 3 aromatic rings. The summed E-state index contributed by atoms with van der Waals surface area (Å²) in [5, 5.41) is 0.621. The maximum atomic E-state index is 13.3. The molecule has 1 aliphatic rings. The van der Waals surface area contributed by atoms with Crippen molar-refractivity contribution in [1.82, 2.24) is 9.97 Å². The van der Waals surface area contributed by atoms with Gasteiger partial charge in [-0.25, -0.2) is 0 Å². The van der Waals surface area contributed by atoms with Crippen LogP contribution >= 0.6 is 11.9 Å². The summed E-state index contributed by atoms with van der Waals surface area (Å²) in [5.74, 6) is -3.48. The average molecular weight is 405 g/mol. The van der Waals surface area contributed by atoms with Crippen LogP contribution in [-0.4, -0.2) is 39.5 Å². The maximum absolute atomic E-state index is 13.3. The van der Waals surface area contributed by atoms with Crippen LogP contribution in [0.2, 0.25) is 0 Å². The molecule has 2 unspecified atom stereocenters. The smallest absolute Gasteiger partial charge is 0.360 e. The summed E-state index contributed by atoms with van der Waals surface area (Å²) in [6.07, 6.45) is -0.699. The third-order valence-corrected chi connectivity index (χ3v) is 5.89. The standard InChI is InChI=1S/C19H14F3N3O2S/c20-19(21,22)18(27)16-14(10-28-25(16)11-4-3-7-23-8-11)17(26)13-9-24-15-6-2-1-5-12(13)15/h1-9,14,16,24H,10H2. The first-order valence-electron chi connectivity index (χ1n) is 8.41.